The molecule has 19 heavy (non-hydrogen) atoms. The number of hydrogen-bond donors (Lipinski definition) is 3. The fourth-order valence-corrected chi connectivity index (χ4v) is 1.97. The van der Waals surface area contributed by atoms with Crippen LogP contribution in [0, 0.1) is 0 Å². The van der Waals surface area contributed by atoms with Gasteiger partial charge >= 0.3 is 0 Å². The van der Waals surface area contributed by atoms with Crippen LogP contribution >= 0.6 is 0 Å². The van der Waals surface area contributed by atoms with Gasteiger partial charge in [-0.2, -0.15) is 0 Å². The zero-order valence-electron chi connectivity index (χ0n) is 11.9. The predicted octanol–water partition coefficient (Wildman–Crippen LogP) is 2.40. The molecule has 0 spiro atoms. The molecule has 2 unspecified atom stereocenters. The van der Waals surface area contributed by atoms with E-state index in [1.807, 2.05) is 31.2 Å². The molecule has 1 amide bonds. The van der Waals surface area contributed by atoms with Crippen LogP contribution in [0.5, 0.6) is 0 Å². The zero-order chi connectivity index (χ0) is 14.3. The lowest BCUT2D eigenvalue weighted by Crippen LogP contribution is -2.35. The molecule has 106 valence electrons. The minimum atomic E-state index is -0.413. The van der Waals surface area contributed by atoms with E-state index in [0.717, 1.165) is 18.7 Å². The lowest BCUT2D eigenvalue weighted by molar-refractivity contribution is 0.0924. The lowest BCUT2D eigenvalue weighted by Gasteiger charge is -2.17. The molecular weight excluding hydrogens is 240 g/mol. The van der Waals surface area contributed by atoms with Crippen LogP contribution in [0.25, 0.3) is 0 Å². The molecule has 0 bridgehead atoms. The molecule has 0 radical (unpaired) electrons. The number of aliphatic hydroxyl groups excluding tert-OH is 1. The fourth-order valence-electron chi connectivity index (χ4n) is 1.97. The Balaban J connectivity index is 2.70. The third-order valence-electron chi connectivity index (χ3n) is 2.81. The van der Waals surface area contributed by atoms with Crippen molar-refractivity contribution in [2.45, 2.75) is 45.8 Å². The van der Waals surface area contributed by atoms with Crippen LogP contribution in [0.1, 0.15) is 44.0 Å². The van der Waals surface area contributed by atoms with Crippen molar-refractivity contribution < 1.29 is 9.90 Å². The maximum atomic E-state index is 12.2. The van der Waals surface area contributed by atoms with Crippen LogP contribution in [-0.4, -0.2) is 29.7 Å². The average Bonchev–Trinajstić information content (AvgIpc) is 2.35. The number of anilines is 1. The van der Waals surface area contributed by atoms with E-state index in [4.69, 9.17) is 0 Å². The van der Waals surface area contributed by atoms with Gasteiger partial charge in [0.25, 0.3) is 5.91 Å². The smallest absolute Gasteiger partial charge is 0.253 e. The number of aliphatic hydroxyl groups is 1. The van der Waals surface area contributed by atoms with E-state index in [9.17, 15) is 9.90 Å². The van der Waals surface area contributed by atoms with E-state index in [0.29, 0.717) is 12.0 Å². The van der Waals surface area contributed by atoms with Gasteiger partial charge in [-0.1, -0.05) is 19.1 Å². The van der Waals surface area contributed by atoms with Gasteiger partial charge in [-0.05, 0) is 38.8 Å². The number of nitrogens with one attached hydrogen (secondary N) is 2. The molecule has 0 fully saturated rings. The molecular formula is C15H24N2O2. The van der Waals surface area contributed by atoms with Crippen LogP contribution in [-0.2, 0) is 0 Å². The summed E-state index contributed by atoms with van der Waals surface area (Å²) in [7, 11) is 0. The predicted molar refractivity (Wildman–Crippen MR) is 78.4 cm³/mol. The van der Waals surface area contributed by atoms with E-state index < -0.39 is 6.10 Å². The molecule has 0 aliphatic rings. The SMILES string of the molecule is CCCNc1ccccc1C(=O)NC(C)CC(C)O. The van der Waals surface area contributed by atoms with Crippen molar-refractivity contribution >= 4 is 11.6 Å². The van der Waals surface area contributed by atoms with Crippen LogP contribution in [0.3, 0.4) is 0 Å². The Hall–Kier alpha value is -1.55. The summed E-state index contributed by atoms with van der Waals surface area (Å²) >= 11 is 0. The first kappa shape index (κ1) is 15.5. The first-order valence-electron chi connectivity index (χ1n) is 6.86. The van der Waals surface area contributed by atoms with Crippen LogP contribution in [0.15, 0.2) is 24.3 Å². The summed E-state index contributed by atoms with van der Waals surface area (Å²) in [5, 5.41) is 15.5. The maximum Gasteiger partial charge on any atom is 0.253 e. The summed E-state index contributed by atoms with van der Waals surface area (Å²) in [4.78, 5) is 12.2. The molecule has 0 aliphatic carbocycles. The molecule has 2 atom stereocenters. The molecule has 3 N–H and O–H groups in total. The highest BCUT2D eigenvalue weighted by molar-refractivity contribution is 5.99. The van der Waals surface area contributed by atoms with Gasteiger partial charge in [0.2, 0.25) is 0 Å². The molecule has 1 aromatic carbocycles. The van der Waals surface area contributed by atoms with Crippen molar-refractivity contribution in [2.75, 3.05) is 11.9 Å². The van der Waals surface area contributed by atoms with Gasteiger partial charge in [0.1, 0.15) is 0 Å². The molecule has 1 rings (SSSR count). The molecule has 0 aliphatic heterocycles. The second-order valence-electron chi connectivity index (χ2n) is 4.93. The van der Waals surface area contributed by atoms with Gasteiger partial charge < -0.3 is 15.7 Å². The molecule has 4 nitrogen and oxygen atoms in total. The summed E-state index contributed by atoms with van der Waals surface area (Å²) in [6.07, 6.45) is 1.15. The van der Waals surface area contributed by atoms with Crippen molar-refractivity contribution in [3.05, 3.63) is 29.8 Å². The van der Waals surface area contributed by atoms with Gasteiger partial charge in [0, 0.05) is 18.3 Å². The summed E-state index contributed by atoms with van der Waals surface area (Å²) in [5.74, 6) is -0.104. The minimum absolute atomic E-state index is 0.0493. The normalized spacial score (nSPS) is 13.7. The average molecular weight is 264 g/mol. The van der Waals surface area contributed by atoms with Gasteiger partial charge in [0.05, 0.1) is 11.7 Å². The molecule has 0 saturated heterocycles. The topological polar surface area (TPSA) is 61.4 Å². The highest BCUT2D eigenvalue weighted by atomic mass is 16.3. The summed E-state index contributed by atoms with van der Waals surface area (Å²) in [6, 6.07) is 7.43. The number of hydrogen-bond acceptors (Lipinski definition) is 3. The third kappa shape index (κ3) is 5.30. The molecule has 1 aromatic rings. The Morgan fingerprint density at radius 2 is 2.00 bits per heavy atom. The van der Waals surface area contributed by atoms with Gasteiger partial charge in [-0.15, -0.1) is 0 Å². The minimum Gasteiger partial charge on any atom is -0.393 e. The monoisotopic (exact) mass is 264 g/mol. The number of benzene rings is 1. The van der Waals surface area contributed by atoms with Crippen molar-refractivity contribution in [1.29, 1.82) is 0 Å². The molecule has 0 aromatic heterocycles. The van der Waals surface area contributed by atoms with Crippen molar-refractivity contribution in [1.82, 2.24) is 5.32 Å². The first-order chi connectivity index (χ1) is 9.04. The van der Waals surface area contributed by atoms with E-state index in [1.54, 1.807) is 6.92 Å². The summed E-state index contributed by atoms with van der Waals surface area (Å²) in [5.41, 5.74) is 1.50. The fraction of sp³-hybridized carbons (Fsp3) is 0.533. The first-order valence-corrected chi connectivity index (χ1v) is 6.86. The van der Waals surface area contributed by atoms with E-state index in [1.165, 1.54) is 0 Å². The Kier molecular flexibility index (Phi) is 6.36. The Morgan fingerprint density at radius 1 is 1.32 bits per heavy atom. The number of rotatable bonds is 7. The molecule has 0 heterocycles. The highest BCUT2D eigenvalue weighted by Gasteiger charge is 2.14. The van der Waals surface area contributed by atoms with Crippen LogP contribution < -0.4 is 10.6 Å². The molecule has 0 saturated carbocycles. The number of para-hydroxylation sites is 1. The van der Waals surface area contributed by atoms with Gasteiger partial charge in [-0.3, -0.25) is 4.79 Å². The largest absolute Gasteiger partial charge is 0.393 e. The Morgan fingerprint density at radius 3 is 2.63 bits per heavy atom. The van der Waals surface area contributed by atoms with Gasteiger partial charge in [0.15, 0.2) is 0 Å². The maximum absolute atomic E-state index is 12.2. The van der Waals surface area contributed by atoms with E-state index >= 15 is 0 Å². The lowest BCUT2D eigenvalue weighted by atomic mass is 10.1. The van der Waals surface area contributed by atoms with Crippen molar-refractivity contribution in [3.8, 4) is 0 Å². The number of carbonyl (C=O) groups excluding carboxylic acids is 1. The van der Waals surface area contributed by atoms with Gasteiger partial charge in [-0.25, -0.2) is 0 Å². The Labute approximate surface area is 115 Å². The zero-order valence-corrected chi connectivity index (χ0v) is 11.9. The number of carbonyl (C=O) groups is 1. The van der Waals surface area contributed by atoms with Crippen molar-refractivity contribution in [2.24, 2.45) is 0 Å². The quantitative estimate of drug-likeness (QED) is 0.708. The highest BCUT2D eigenvalue weighted by Crippen LogP contribution is 2.15. The molecule has 4 heteroatoms. The second kappa shape index (κ2) is 7.79. The van der Waals surface area contributed by atoms with Crippen LogP contribution in [0.4, 0.5) is 5.69 Å². The van der Waals surface area contributed by atoms with Crippen LogP contribution in [0.2, 0.25) is 0 Å². The van der Waals surface area contributed by atoms with Crippen molar-refractivity contribution in [3.63, 3.8) is 0 Å². The number of amides is 1. The third-order valence-corrected chi connectivity index (χ3v) is 2.81. The van der Waals surface area contributed by atoms with E-state index in [2.05, 4.69) is 17.6 Å². The second-order valence-corrected chi connectivity index (χ2v) is 4.93. The summed E-state index contributed by atoms with van der Waals surface area (Å²) < 4.78 is 0. The van der Waals surface area contributed by atoms with E-state index in [-0.39, 0.29) is 11.9 Å². The Bertz CT molecular complexity index is 405. The standard InChI is InChI=1S/C15H24N2O2/c1-4-9-16-14-8-6-5-7-13(14)15(19)17-11(2)10-12(3)18/h5-8,11-12,16,18H,4,9-10H2,1-3H3,(H,17,19). The summed E-state index contributed by atoms with van der Waals surface area (Å²) in [6.45, 7) is 6.54.